The summed E-state index contributed by atoms with van der Waals surface area (Å²) in [6.45, 7) is 13.0. The molecule has 136 valence electrons. The van der Waals surface area contributed by atoms with Crippen LogP contribution in [0.3, 0.4) is 0 Å². The summed E-state index contributed by atoms with van der Waals surface area (Å²) in [6, 6.07) is 5.96. The van der Waals surface area contributed by atoms with E-state index in [9.17, 15) is 4.79 Å². The van der Waals surface area contributed by atoms with Gasteiger partial charge in [-0.3, -0.25) is 4.79 Å². The predicted molar refractivity (Wildman–Crippen MR) is 101 cm³/mol. The Kier molecular flexibility index (Phi) is 6.36. The number of ether oxygens (including phenoxy) is 2. The van der Waals surface area contributed by atoms with Crippen molar-refractivity contribution in [2.45, 2.75) is 59.5 Å². The molecule has 1 heterocycles. The van der Waals surface area contributed by atoms with Gasteiger partial charge in [0.25, 0.3) is 0 Å². The largest absolute Gasteiger partial charge is 0.426 e. The van der Waals surface area contributed by atoms with Crippen molar-refractivity contribution in [3.63, 3.8) is 0 Å². The van der Waals surface area contributed by atoms with Gasteiger partial charge < -0.3 is 9.47 Å². The average Bonchev–Trinajstić information content (AvgIpc) is 2.97. The van der Waals surface area contributed by atoms with Gasteiger partial charge in [-0.2, -0.15) is 0 Å². The molecule has 0 aliphatic rings. The minimum absolute atomic E-state index is 0.0491. The lowest BCUT2D eigenvalue weighted by atomic mass is 9.86. The van der Waals surface area contributed by atoms with Crippen LogP contribution in [0.2, 0.25) is 0 Å². The first-order valence-electron chi connectivity index (χ1n) is 8.58. The molecule has 1 unspecified atom stereocenters. The molecule has 0 fully saturated rings. The lowest BCUT2D eigenvalue weighted by Crippen LogP contribution is -2.14. The summed E-state index contributed by atoms with van der Waals surface area (Å²) in [7, 11) is 0. The van der Waals surface area contributed by atoms with Crippen LogP contribution in [-0.4, -0.2) is 17.6 Å². The zero-order chi connectivity index (χ0) is 18.6. The zero-order valence-electron chi connectivity index (χ0n) is 15.9. The summed E-state index contributed by atoms with van der Waals surface area (Å²) in [5.74, 6) is 0.309. The van der Waals surface area contributed by atoms with E-state index in [-0.39, 0.29) is 23.9 Å². The first-order valence-corrected chi connectivity index (χ1v) is 9.46. The Morgan fingerprint density at radius 3 is 2.64 bits per heavy atom. The Hall–Kier alpha value is -1.72. The molecule has 0 N–H and O–H groups in total. The first kappa shape index (κ1) is 19.6. The van der Waals surface area contributed by atoms with E-state index in [2.05, 4.69) is 31.8 Å². The third-order valence-electron chi connectivity index (χ3n) is 3.92. The van der Waals surface area contributed by atoms with Crippen LogP contribution in [-0.2, 0) is 21.4 Å². The van der Waals surface area contributed by atoms with Crippen LogP contribution >= 0.6 is 11.3 Å². The fourth-order valence-electron chi connectivity index (χ4n) is 2.45. The van der Waals surface area contributed by atoms with Gasteiger partial charge in [0, 0.05) is 12.0 Å². The van der Waals surface area contributed by atoms with Crippen molar-refractivity contribution in [2.75, 3.05) is 6.61 Å². The van der Waals surface area contributed by atoms with Crippen LogP contribution in [0.4, 0.5) is 0 Å². The SMILES string of the molecule is CCOC(C)c1nc(CC(=O)Oc2ccc(C(C)(C)C)cc2C)cs1. The molecular weight excluding hydrogens is 334 g/mol. The molecule has 0 spiro atoms. The van der Waals surface area contributed by atoms with Crippen molar-refractivity contribution in [3.8, 4) is 5.75 Å². The molecule has 2 rings (SSSR count). The minimum atomic E-state index is -0.299. The van der Waals surface area contributed by atoms with Gasteiger partial charge in [-0.25, -0.2) is 4.98 Å². The highest BCUT2D eigenvalue weighted by Crippen LogP contribution is 2.28. The van der Waals surface area contributed by atoms with Crippen molar-refractivity contribution < 1.29 is 14.3 Å². The third kappa shape index (κ3) is 5.38. The van der Waals surface area contributed by atoms with Crippen molar-refractivity contribution in [3.05, 3.63) is 45.4 Å². The van der Waals surface area contributed by atoms with E-state index >= 15 is 0 Å². The van der Waals surface area contributed by atoms with E-state index in [0.29, 0.717) is 12.4 Å². The van der Waals surface area contributed by atoms with E-state index in [1.54, 1.807) is 0 Å². The second kappa shape index (κ2) is 8.11. The zero-order valence-corrected chi connectivity index (χ0v) is 16.7. The van der Waals surface area contributed by atoms with Crippen LogP contribution in [0.5, 0.6) is 5.75 Å². The van der Waals surface area contributed by atoms with Crippen molar-refractivity contribution in [2.24, 2.45) is 0 Å². The minimum Gasteiger partial charge on any atom is -0.426 e. The van der Waals surface area contributed by atoms with Gasteiger partial charge in [-0.15, -0.1) is 11.3 Å². The van der Waals surface area contributed by atoms with E-state index in [1.165, 1.54) is 16.9 Å². The van der Waals surface area contributed by atoms with Crippen LogP contribution in [0.25, 0.3) is 0 Å². The summed E-state index contributed by atoms with van der Waals surface area (Å²) < 4.78 is 11.1. The van der Waals surface area contributed by atoms with Gasteiger partial charge >= 0.3 is 5.97 Å². The van der Waals surface area contributed by atoms with E-state index in [1.807, 2.05) is 38.3 Å². The number of hydrogen-bond acceptors (Lipinski definition) is 5. The summed E-state index contributed by atoms with van der Waals surface area (Å²) in [5, 5.41) is 2.78. The predicted octanol–water partition coefficient (Wildman–Crippen LogP) is 4.99. The average molecular weight is 362 g/mol. The highest BCUT2D eigenvalue weighted by molar-refractivity contribution is 7.09. The molecular formula is C20H27NO3S. The maximum atomic E-state index is 12.2. The van der Waals surface area contributed by atoms with Crippen molar-refractivity contribution >= 4 is 17.3 Å². The van der Waals surface area contributed by atoms with Gasteiger partial charge in [-0.1, -0.05) is 32.9 Å². The third-order valence-corrected chi connectivity index (χ3v) is 4.98. The smallest absolute Gasteiger partial charge is 0.317 e. The maximum absolute atomic E-state index is 12.2. The van der Waals surface area contributed by atoms with Crippen molar-refractivity contribution in [1.29, 1.82) is 0 Å². The van der Waals surface area contributed by atoms with Gasteiger partial charge in [0.15, 0.2) is 0 Å². The van der Waals surface area contributed by atoms with Gasteiger partial charge in [0.1, 0.15) is 16.9 Å². The fraction of sp³-hybridized carbons (Fsp3) is 0.500. The first-order chi connectivity index (χ1) is 11.7. The molecule has 0 radical (unpaired) electrons. The summed E-state index contributed by atoms with van der Waals surface area (Å²) in [4.78, 5) is 16.7. The Morgan fingerprint density at radius 1 is 1.32 bits per heavy atom. The molecule has 0 amide bonds. The standard InChI is InChI=1S/C20H27NO3S/c1-7-23-14(3)19-21-16(12-25-19)11-18(22)24-17-9-8-15(10-13(17)2)20(4,5)6/h8-10,12,14H,7,11H2,1-6H3. The molecule has 0 saturated carbocycles. The molecule has 1 aromatic heterocycles. The quantitative estimate of drug-likeness (QED) is 0.537. The molecule has 0 aliphatic heterocycles. The van der Waals surface area contributed by atoms with Crippen molar-refractivity contribution in [1.82, 2.24) is 4.98 Å². The van der Waals surface area contributed by atoms with Gasteiger partial charge in [0.05, 0.1) is 12.1 Å². The highest BCUT2D eigenvalue weighted by atomic mass is 32.1. The number of thiazole rings is 1. The summed E-state index contributed by atoms with van der Waals surface area (Å²) >= 11 is 1.51. The van der Waals surface area contributed by atoms with Gasteiger partial charge in [0.2, 0.25) is 0 Å². The second-order valence-corrected chi connectivity index (χ2v) is 8.05. The molecule has 0 bridgehead atoms. The van der Waals surface area contributed by atoms with Crippen LogP contribution in [0.1, 0.15) is 62.6 Å². The van der Waals surface area contributed by atoms with E-state index in [0.717, 1.165) is 16.3 Å². The molecule has 2 aromatic rings. The molecule has 25 heavy (non-hydrogen) atoms. The molecule has 0 aliphatic carbocycles. The Balaban J connectivity index is 2.01. The summed E-state index contributed by atoms with van der Waals surface area (Å²) in [5.41, 5.74) is 2.98. The molecule has 1 atom stereocenters. The lowest BCUT2D eigenvalue weighted by molar-refractivity contribution is -0.133. The molecule has 4 nitrogen and oxygen atoms in total. The molecule has 0 saturated heterocycles. The number of hydrogen-bond donors (Lipinski definition) is 0. The lowest BCUT2D eigenvalue weighted by Gasteiger charge is -2.20. The highest BCUT2D eigenvalue weighted by Gasteiger charge is 2.17. The number of carbonyl (C=O) groups excluding carboxylic acids is 1. The number of rotatable bonds is 6. The Labute approximate surface area is 154 Å². The normalized spacial score (nSPS) is 12.9. The monoisotopic (exact) mass is 361 g/mol. The second-order valence-electron chi connectivity index (χ2n) is 7.16. The van der Waals surface area contributed by atoms with E-state index in [4.69, 9.17) is 9.47 Å². The number of benzene rings is 1. The van der Waals surface area contributed by atoms with Gasteiger partial charge in [-0.05, 0) is 43.4 Å². The van der Waals surface area contributed by atoms with Crippen LogP contribution in [0.15, 0.2) is 23.6 Å². The number of esters is 1. The van der Waals surface area contributed by atoms with E-state index < -0.39 is 0 Å². The molecule has 1 aromatic carbocycles. The number of aromatic nitrogens is 1. The Morgan fingerprint density at radius 2 is 2.04 bits per heavy atom. The fourth-order valence-corrected chi connectivity index (χ4v) is 3.27. The summed E-state index contributed by atoms with van der Waals surface area (Å²) in [6.07, 6.45) is 0.113. The number of aryl methyl sites for hydroxylation is 1. The molecule has 5 heteroatoms. The van der Waals surface area contributed by atoms with Crippen LogP contribution in [0, 0.1) is 6.92 Å². The number of nitrogens with zero attached hydrogens (tertiary/aromatic N) is 1. The maximum Gasteiger partial charge on any atom is 0.317 e. The topological polar surface area (TPSA) is 48.4 Å². The Bertz CT molecular complexity index is 731. The number of carbonyl (C=O) groups is 1. The van der Waals surface area contributed by atoms with Crippen LogP contribution < -0.4 is 4.74 Å².